The van der Waals surface area contributed by atoms with Crippen molar-refractivity contribution < 1.29 is 14.9 Å². The Labute approximate surface area is 203 Å². The fraction of sp³-hybridized carbons (Fsp3) is 0.867. The van der Waals surface area contributed by atoms with Gasteiger partial charge in [-0.15, -0.1) is 0 Å². The summed E-state index contributed by atoms with van der Waals surface area (Å²) in [5.74, 6) is 3.63. The van der Waals surface area contributed by atoms with Crippen LogP contribution in [-0.2, 0) is 4.74 Å². The van der Waals surface area contributed by atoms with Crippen molar-refractivity contribution in [3.63, 3.8) is 0 Å². The molecule has 0 aromatic rings. The first-order chi connectivity index (χ1) is 15.5. The molecule has 10 unspecified atom stereocenters. The van der Waals surface area contributed by atoms with Gasteiger partial charge in [0.1, 0.15) is 11.7 Å². The van der Waals surface area contributed by atoms with Gasteiger partial charge in [-0.05, 0) is 86.4 Å². The minimum Gasteiger partial charge on any atom is -0.393 e. The van der Waals surface area contributed by atoms with Crippen LogP contribution >= 0.6 is 0 Å². The second-order valence-corrected chi connectivity index (χ2v) is 13.0. The molecular weight excluding hydrogens is 408 g/mol. The summed E-state index contributed by atoms with van der Waals surface area (Å²) in [6, 6.07) is 0. The lowest BCUT2D eigenvalue weighted by molar-refractivity contribution is -0.220. The van der Waals surface area contributed by atoms with Gasteiger partial charge in [-0.1, -0.05) is 65.3 Å². The molecule has 0 heterocycles. The molecule has 4 rings (SSSR count). The van der Waals surface area contributed by atoms with Gasteiger partial charge in [0, 0.05) is 18.4 Å². The summed E-state index contributed by atoms with van der Waals surface area (Å²) in [7, 11) is 0. The van der Waals surface area contributed by atoms with Crippen LogP contribution in [0.25, 0.3) is 0 Å². The molecule has 3 heteroatoms. The van der Waals surface area contributed by atoms with Crippen molar-refractivity contribution >= 4 is 0 Å². The highest BCUT2D eigenvalue weighted by Gasteiger charge is 2.65. The van der Waals surface area contributed by atoms with Crippen LogP contribution in [0.2, 0.25) is 0 Å². The highest BCUT2D eigenvalue weighted by Crippen LogP contribution is 2.67. The van der Waals surface area contributed by atoms with E-state index in [4.69, 9.17) is 4.74 Å². The zero-order chi connectivity index (χ0) is 24.2. The number of allylic oxidation sites excluding steroid dienone is 3. The molecule has 0 bridgehead atoms. The molecule has 0 spiro atoms. The minimum absolute atomic E-state index is 0.215. The Hall–Kier alpha value is -0.640. The maximum atomic E-state index is 12.0. The Bertz CT molecular complexity index is 771. The average Bonchev–Trinajstić information content (AvgIpc) is 3.11. The van der Waals surface area contributed by atoms with Gasteiger partial charge in [0.2, 0.25) is 0 Å². The van der Waals surface area contributed by atoms with E-state index in [-0.39, 0.29) is 11.5 Å². The first-order valence-corrected chi connectivity index (χ1v) is 13.9. The third kappa shape index (κ3) is 3.99. The van der Waals surface area contributed by atoms with Crippen molar-refractivity contribution in [2.24, 2.45) is 46.3 Å². The van der Waals surface area contributed by atoms with Gasteiger partial charge in [-0.25, -0.2) is 0 Å². The van der Waals surface area contributed by atoms with E-state index in [1.165, 1.54) is 19.3 Å². The Kier molecular flexibility index (Phi) is 7.02. The molecule has 10 atom stereocenters. The quantitative estimate of drug-likeness (QED) is 0.444. The number of aliphatic hydroxyl groups excluding tert-OH is 1. The maximum absolute atomic E-state index is 12.0. The average molecular weight is 459 g/mol. The Balaban J connectivity index is 1.65. The summed E-state index contributed by atoms with van der Waals surface area (Å²) in [5, 5.41) is 22.5. The topological polar surface area (TPSA) is 49.7 Å². The third-order valence-electron chi connectivity index (χ3n) is 11.1. The number of hydrogen-bond acceptors (Lipinski definition) is 3. The molecule has 0 aliphatic heterocycles. The molecule has 0 aromatic heterocycles. The largest absolute Gasteiger partial charge is 0.393 e. The van der Waals surface area contributed by atoms with E-state index in [9.17, 15) is 10.2 Å². The van der Waals surface area contributed by atoms with Gasteiger partial charge in [0.25, 0.3) is 0 Å². The van der Waals surface area contributed by atoms with Gasteiger partial charge >= 0.3 is 0 Å². The molecule has 2 N–H and O–H groups in total. The molecule has 4 aliphatic carbocycles. The lowest BCUT2D eigenvalue weighted by Crippen LogP contribution is -2.66. The lowest BCUT2D eigenvalue weighted by atomic mass is 9.45. The van der Waals surface area contributed by atoms with Gasteiger partial charge in [0.05, 0.1) is 6.10 Å². The predicted octanol–water partition coefficient (Wildman–Crippen LogP) is 6.54. The van der Waals surface area contributed by atoms with Crippen molar-refractivity contribution in [1.82, 2.24) is 0 Å². The van der Waals surface area contributed by atoms with E-state index < -0.39 is 11.7 Å². The number of hydrogen-bond donors (Lipinski definition) is 2. The van der Waals surface area contributed by atoms with E-state index in [0.717, 1.165) is 19.3 Å². The Morgan fingerprint density at radius 1 is 1.03 bits per heavy atom. The molecule has 0 amide bonds. The summed E-state index contributed by atoms with van der Waals surface area (Å²) in [4.78, 5) is 0. The highest BCUT2D eigenvalue weighted by molar-refractivity contribution is 5.33. The summed E-state index contributed by atoms with van der Waals surface area (Å²) in [6.45, 7) is 16.9. The second kappa shape index (κ2) is 9.10. The Morgan fingerprint density at radius 3 is 2.42 bits per heavy atom. The molecule has 3 saturated carbocycles. The summed E-state index contributed by atoms with van der Waals surface area (Å²) < 4.78 is 6.21. The second-order valence-electron chi connectivity index (χ2n) is 13.0. The fourth-order valence-corrected chi connectivity index (χ4v) is 8.50. The SMILES string of the molecule is CCOC1C=C2C3CCC(C(C)C=CC(C)C(C)C)C3(C)CCC2C2(C)CCC(O)CC12O. The summed E-state index contributed by atoms with van der Waals surface area (Å²) >= 11 is 0. The molecule has 3 nitrogen and oxygen atoms in total. The van der Waals surface area contributed by atoms with Crippen molar-refractivity contribution in [2.75, 3.05) is 6.61 Å². The first-order valence-electron chi connectivity index (χ1n) is 13.9. The summed E-state index contributed by atoms with van der Waals surface area (Å²) in [5.41, 5.74) is 0.724. The zero-order valence-corrected chi connectivity index (χ0v) is 22.3. The van der Waals surface area contributed by atoms with Gasteiger partial charge in [-0.2, -0.15) is 0 Å². The zero-order valence-electron chi connectivity index (χ0n) is 22.3. The van der Waals surface area contributed by atoms with E-state index in [0.29, 0.717) is 54.0 Å². The maximum Gasteiger partial charge on any atom is 0.105 e. The number of rotatable bonds is 6. The van der Waals surface area contributed by atoms with Crippen LogP contribution in [0.4, 0.5) is 0 Å². The third-order valence-corrected chi connectivity index (χ3v) is 11.1. The standard InChI is InChI=1S/C30H50O3/c1-8-33-27-17-23-25-12-11-24(21(5)10-9-20(4)19(2)3)28(25,6)15-14-26(23)29(7)16-13-22(31)18-30(27,29)32/h9-10,17,19-22,24-27,31-32H,8,11-16,18H2,1-7H3. The van der Waals surface area contributed by atoms with Crippen LogP contribution in [-0.4, -0.2) is 34.6 Å². The van der Waals surface area contributed by atoms with Crippen LogP contribution in [0.1, 0.15) is 93.4 Å². The molecule has 0 saturated heterocycles. The summed E-state index contributed by atoms with van der Waals surface area (Å²) in [6.07, 6.45) is 13.6. The Morgan fingerprint density at radius 2 is 1.76 bits per heavy atom. The lowest BCUT2D eigenvalue weighted by Gasteiger charge is -2.62. The number of aliphatic hydroxyl groups is 2. The van der Waals surface area contributed by atoms with Crippen molar-refractivity contribution in [3.05, 3.63) is 23.8 Å². The highest BCUT2D eigenvalue weighted by atomic mass is 16.5. The van der Waals surface area contributed by atoms with Crippen LogP contribution < -0.4 is 0 Å². The van der Waals surface area contributed by atoms with Gasteiger partial charge in [-0.3, -0.25) is 0 Å². The van der Waals surface area contributed by atoms with Crippen molar-refractivity contribution in [1.29, 1.82) is 0 Å². The number of fused-ring (bicyclic) bond motifs is 5. The van der Waals surface area contributed by atoms with E-state index >= 15 is 0 Å². The predicted molar refractivity (Wildman–Crippen MR) is 136 cm³/mol. The molecule has 0 aromatic carbocycles. The molecular formula is C30H50O3. The van der Waals surface area contributed by atoms with E-state index in [2.05, 4.69) is 59.8 Å². The fourth-order valence-electron chi connectivity index (χ4n) is 8.50. The van der Waals surface area contributed by atoms with Crippen molar-refractivity contribution in [3.8, 4) is 0 Å². The van der Waals surface area contributed by atoms with Gasteiger partial charge < -0.3 is 14.9 Å². The first kappa shape index (κ1) is 25.5. The van der Waals surface area contributed by atoms with Crippen molar-refractivity contribution in [2.45, 2.75) is 111 Å². The normalized spacial score (nSPS) is 47.1. The minimum atomic E-state index is -0.969. The van der Waals surface area contributed by atoms with Crippen LogP contribution in [0.15, 0.2) is 23.8 Å². The van der Waals surface area contributed by atoms with Crippen LogP contribution in [0.3, 0.4) is 0 Å². The molecule has 33 heavy (non-hydrogen) atoms. The molecule has 3 fully saturated rings. The molecule has 0 radical (unpaired) electrons. The van der Waals surface area contributed by atoms with E-state index in [1.807, 2.05) is 6.92 Å². The van der Waals surface area contributed by atoms with Gasteiger partial charge in [0.15, 0.2) is 0 Å². The van der Waals surface area contributed by atoms with E-state index in [1.54, 1.807) is 5.57 Å². The number of ether oxygens (including phenoxy) is 1. The van der Waals surface area contributed by atoms with Crippen LogP contribution in [0.5, 0.6) is 0 Å². The monoisotopic (exact) mass is 458 g/mol. The molecule has 188 valence electrons. The van der Waals surface area contributed by atoms with Crippen LogP contribution in [0, 0.1) is 46.3 Å². The smallest absolute Gasteiger partial charge is 0.105 e. The molecule has 4 aliphatic rings.